The van der Waals surface area contributed by atoms with Gasteiger partial charge in [-0.1, -0.05) is 24.3 Å². The zero-order chi connectivity index (χ0) is 19.9. The van der Waals surface area contributed by atoms with Crippen LogP contribution in [-0.2, 0) is 6.18 Å². The molecule has 28 heavy (non-hydrogen) atoms. The molecule has 0 amide bonds. The molecule has 1 heterocycles. The molecule has 3 aromatic carbocycles. The van der Waals surface area contributed by atoms with Crippen molar-refractivity contribution >= 4 is 21.7 Å². The normalized spacial score (nSPS) is 11.8. The van der Waals surface area contributed by atoms with Crippen molar-refractivity contribution in [1.82, 2.24) is 9.97 Å². The largest absolute Gasteiger partial charge is 0.497 e. The molecule has 0 aliphatic rings. The number of fused-ring (bicyclic) bond motifs is 2. The van der Waals surface area contributed by atoms with Crippen LogP contribution in [-0.4, -0.2) is 24.2 Å². The van der Waals surface area contributed by atoms with Gasteiger partial charge in [-0.15, -0.1) is 0 Å². The van der Waals surface area contributed by atoms with E-state index in [2.05, 4.69) is 9.97 Å². The number of halogens is 3. The maximum atomic E-state index is 13.9. The molecule has 0 N–H and O–H groups in total. The van der Waals surface area contributed by atoms with Gasteiger partial charge in [-0.3, -0.25) is 0 Å². The number of aromatic nitrogens is 2. The van der Waals surface area contributed by atoms with Crippen molar-refractivity contribution < 1.29 is 22.6 Å². The Morgan fingerprint density at radius 1 is 0.821 bits per heavy atom. The van der Waals surface area contributed by atoms with E-state index in [1.54, 1.807) is 42.5 Å². The maximum Gasteiger partial charge on any atom is 0.419 e. The van der Waals surface area contributed by atoms with Gasteiger partial charge in [-0.25, -0.2) is 9.97 Å². The minimum Gasteiger partial charge on any atom is -0.497 e. The Morgan fingerprint density at radius 3 is 2.14 bits per heavy atom. The lowest BCUT2D eigenvalue weighted by Crippen LogP contribution is -2.08. The Hall–Kier alpha value is -3.35. The van der Waals surface area contributed by atoms with E-state index in [0.29, 0.717) is 33.5 Å². The van der Waals surface area contributed by atoms with Crippen molar-refractivity contribution in [2.45, 2.75) is 6.18 Å². The van der Waals surface area contributed by atoms with Crippen LogP contribution in [0.15, 0.2) is 54.9 Å². The lowest BCUT2D eigenvalue weighted by molar-refractivity contribution is -0.135. The average molecular weight is 384 g/mol. The van der Waals surface area contributed by atoms with Gasteiger partial charge in [0.05, 0.1) is 31.0 Å². The second-order valence-corrected chi connectivity index (χ2v) is 6.19. The monoisotopic (exact) mass is 384 g/mol. The summed E-state index contributed by atoms with van der Waals surface area (Å²) in [5.41, 5.74) is 0.0440. The minimum atomic E-state index is -4.56. The number of hydrogen-bond acceptors (Lipinski definition) is 4. The number of alkyl halides is 3. The predicted molar refractivity (Wildman–Crippen MR) is 101 cm³/mol. The van der Waals surface area contributed by atoms with Crippen molar-refractivity contribution in [3.63, 3.8) is 0 Å². The molecule has 0 fully saturated rings. The lowest BCUT2D eigenvalue weighted by atomic mass is 9.97. The first-order valence-electron chi connectivity index (χ1n) is 8.39. The fourth-order valence-electron chi connectivity index (χ4n) is 3.33. The van der Waals surface area contributed by atoms with Gasteiger partial charge in [0.15, 0.2) is 0 Å². The Labute approximate surface area is 158 Å². The quantitative estimate of drug-likeness (QED) is 0.439. The molecule has 0 aliphatic carbocycles. The zero-order valence-electron chi connectivity index (χ0n) is 15.0. The molecule has 0 unspecified atom stereocenters. The Morgan fingerprint density at radius 2 is 1.50 bits per heavy atom. The smallest absolute Gasteiger partial charge is 0.419 e. The second kappa shape index (κ2) is 6.67. The topological polar surface area (TPSA) is 44.2 Å². The summed E-state index contributed by atoms with van der Waals surface area (Å²) < 4.78 is 52.3. The first-order valence-corrected chi connectivity index (χ1v) is 8.39. The number of rotatable bonds is 3. The highest BCUT2D eigenvalue weighted by Crippen LogP contribution is 2.42. The third-order valence-electron chi connectivity index (χ3n) is 4.56. The number of methoxy groups -OCH3 is 2. The molecule has 7 heteroatoms. The molecule has 1 aromatic heterocycles. The highest BCUT2D eigenvalue weighted by Gasteiger charge is 2.36. The van der Waals surface area contributed by atoms with Gasteiger partial charge in [-0.2, -0.15) is 13.2 Å². The Bertz CT molecular complexity index is 1170. The summed E-state index contributed by atoms with van der Waals surface area (Å²) in [4.78, 5) is 8.24. The maximum absolute atomic E-state index is 13.9. The van der Waals surface area contributed by atoms with Crippen LogP contribution in [0.1, 0.15) is 5.56 Å². The highest BCUT2D eigenvalue weighted by atomic mass is 19.4. The van der Waals surface area contributed by atoms with Crippen molar-refractivity contribution in [3.8, 4) is 22.8 Å². The number of benzene rings is 3. The van der Waals surface area contributed by atoms with E-state index in [9.17, 15) is 13.2 Å². The van der Waals surface area contributed by atoms with Crippen LogP contribution in [0.2, 0.25) is 0 Å². The molecular formula is C21H15F3N2O2. The van der Waals surface area contributed by atoms with Gasteiger partial charge in [0.2, 0.25) is 0 Å². The standard InChI is InChI=1S/C21H15F3N2O2/c1-27-14-7-13(8-15(10-14)28-2)19-17-9-12-5-3-4-6-16(12)18(21(22,23)24)20(17)26-11-25-19/h3-11H,1-2H3. The molecule has 0 saturated carbocycles. The first kappa shape index (κ1) is 18.0. The van der Waals surface area contributed by atoms with Gasteiger partial charge in [0, 0.05) is 17.0 Å². The second-order valence-electron chi connectivity index (χ2n) is 6.19. The van der Waals surface area contributed by atoms with Crippen LogP contribution < -0.4 is 9.47 Å². The highest BCUT2D eigenvalue weighted by molar-refractivity contribution is 6.05. The van der Waals surface area contributed by atoms with E-state index in [1.165, 1.54) is 20.3 Å². The summed E-state index contributed by atoms with van der Waals surface area (Å²) in [5, 5.41) is 0.882. The lowest BCUT2D eigenvalue weighted by Gasteiger charge is -2.15. The molecular weight excluding hydrogens is 369 g/mol. The molecule has 0 atom stereocenters. The molecule has 0 aliphatic heterocycles. The van der Waals surface area contributed by atoms with Gasteiger partial charge in [0.25, 0.3) is 0 Å². The van der Waals surface area contributed by atoms with E-state index in [-0.39, 0.29) is 10.9 Å². The van der Waals surface area contributed by atoms with Crippen LogP contribution in [0.3, 0.4) is 0 Å². The SMILES string of the molecule is COc1cc(OC)cc(-c2ncnc3c(C(F)(F)F)c4ccccc4cc23)c1. The number of hydrogen-bond donors (Lipinski definition) is 0. The molecule has 0 radical (unpaired) electrons. The van der Waals surface area contributed by atoms with Crippen molar-refractivity contribution in [3.05, 3.63) is 60.4 Å². The van der Waals surface area contributed by atoms with Gasteiger partial charge < -0.3 is 9.47 Å². The van der Waals surface area contributed by atoms with Crippen LogP contribution in [0.25, 0.3) is 32.9 Å². The Kier molecular flexibility index (Phi) is 4.30. The number of ether oxygens (including phenoxy) is 2. The third kappa shape index (κ3) is 2.98. The first-order chi connectivity index (χ1) is 13.4. The Balaban J connectivity index is 2.12. The summed E-state index contributed by atoms with van der Waals surface area (Å²) >= 11 is 0. The fraction of sp³-hybridized carbons (Fsp3) is 0.143. The summed E-state index contributed by atoms with van der Waals surface area (Å²) in [6, 6.07) is 13.1. The summed E-state index contributed by atoms with van der Waals surface area (Å²) in [6.45, 7) is 0. The summed E-state index contributed by atoms with van der Waals surface area (Å²) in [7, 11) is 3.01. The van der Waals surface area contributed by atoms with Crippen LogP contribution in [0.4, 0.5) is 13.2 Å². The molecule has 4 rings (SSSR count). The molecule has 0 saturated heterocycles. The van der Waals surface area contributed by atoms with E-state index in [4.69, 9.17) is 9.47 Å². The molecule has 0 spiro atoms. The van der Waals surface area contributed by atoms with E-state index < -0.39 is 11.7 Å². The van der Waals surface area contributed by atoms with E-state index in [0.717, 1.165) is 6.33 Å². The van der Waals surface area contributed by atoms with Crippen molar-refractivity contribution in [1.29, 1.82) is 0 Å². The van der Waals surface area contributed by atoms with Crippen LogP contribution in [0, 0.1) is 0 Å². The van der Waals surface area contributed by atoms with E-state index in [1.807, 2.05) is 0 Å². The van der Waals surface area contributed by atoms with Crippen LogP contribution >= 0.6 is 0 Å². The summed E-state index contributed by atoms with van der Waals surface area (Å²) in [6.07, 6.45) is -3.41. The third-order valence-corrected chi connectivity index (χ3v) is 4.56. The fourth-order valence-corrected chi connectivity index (χ4v) is 3.33. The molecule has 4 nitrogen and oxygen atoms in total. The van der Waals surface area contributed by atoms with Crippen LogP contribution in [0.5, 0.6) is 11.5 Å². The van der Waals surface area contributed by atoms with Crippen molar-refractivity contribution in [2.75, 3.05) is 14.2 Å². The van der Waals surface area contributed by atoms with Crippen molar-refractivity contribution in [2.24, 2.45) is 0 Å². The van der Waals surface area contributed by atoms with Gasteiger partial charge in [-0.05, 0) is 29.0 Å². The molecule has 142 valence electrons. The zero-order valence-corrected chi connectivity index (χ0v) is 15.0. The minimum absolute atomic E-state index is 0.107. The van der Waals surface area contributed by atoms with Gasteiger partial charge >= 0.3 is 6.18 Å². The van der Waals surface area contributed by atoms with Gasteiger partial charge in [0.1, 0.15) is 17.8 Å². The predicted octanol–water partition coefficient (Wildman–Crippen LogP) is 5.49. The molecule has 4 aromatic rings. The average Bonchev–Trinajstić information content (AvgIpc) is 2.70. The number of nitrogens with zero attached hydrogens (tertiary/aromatic N) is 2. The molecule has 0 bridgehead atoms. The van der Waals surface area contributed by atoms with E-state index >= 15 is 0 Å². The summed E-state index contributed by atoms with van der Waals surface area (Å²) in [5.74, 6) is 1.02.